The van der Waals surface area contributed by atoms with Crippen LogP contribution in [0.4, 0.5) is 0 Å². The van der Waals surface area contributed by atoms with Crippen molar-refractivity contribution >= 4 is 17.8 Å². The molecule has 0 heterocycles. The number of nitrogens with zero attached hydrogens (tertiary/aromatic N) is 2. The molecule has 21 heavy (non-hydrogen) atoms. The zero-order chi connectivity index (χ0) is 15.8. The first-order valence-corrected chi connectivity index (χ1v) is 6.09. The molecule has 0 fully saturated rings. The Morgan fingerprint density at radius 2 is 1.95 bits per heavy atom. The predicted molar refractivity (Wildman–Crippen MR) is 72.5 cm³/mol. The highest BCUT2D eigenvalue weighted by molar-refractivity contribution is 6.32. The average molecular weight is 289 g/mol. The second kappa shape index (κ2) is 7.65. The van der Waals surface area contributed by atoms with E-state index in [1.807, 2.05) is 6.07 Å². The van der Waals surface area contributed by atoms with Crippen LogP contribution in [0.15, 0.2) is 30.3 Å². The molecule has 1 unspecified atom stereocenters. The highest BCUT2D eigenvalue weighted by Gasteiger charge is 2.27. The lowest BCUT2D eigenvalue weighted by Crippen LogP contribution is -2.49. The molecule has 2 amide bonds. The maximum Gasteiger partial charge on any atom is 0.396 e. The van der Waals surface area contributed by atoms with E-state index in [0.717, 1.165) is 17.6 Å². The van der Waals surface area contributed by atoms with Crippen molar-refractivity contribution in [3.8, 4) is 6.19 Å². The van der Waals surface area contributed by atoms with Crippen LogP contribution >= 0.6 is 0 Å². The molecule has 7 heteroatoms. The Hall–Kier alpha value is -2.88. The summed E-state index contributed by atoms with van der Waals surface area (Å²) in [4.78, 5) is 35.5. The zero-order valence-corrected chi connectivity index (χ0v) is 11.7. The summed E-state index contributed by atoms with van der Waals surface area (Å²) in [5.41, 5.74) is 0.785. The van der Waals surface area contributed by atoms with Gasteiger partial charge in [-0.3, -0.25) is 14.5 Å². The van der Waals surface area contributed by atoms with Crippen LogP contribution in [0.5, 0.6) is 0 Å². The van der Waals surface area contributed by atoms with Crippen molar-refractivity contribution < 1.29 is 19.1 Å². The topological polar surface area (TPSA) is 99.5 Å². The summed E-state index contributed by atoms with van der Waals surface area (Å²) in [6.07, 6.45) is 1.82. The van der Waals surface area contributed by atoms with Gasteiger partial charge in [-0.15, -0.1) is 0 Å². The first-order chi connectivity index (χ1) is 9.99. The van der Waals surface area contributed by atoms with Gasteiger partial charge in [0.2, 0.25) is 0 Å². The van der Waals surface area contributed by atoms with Crippen LogP contribution in [0.2, 0.25) is 0 Å². The van der Waals surface area contributed by atoms with Crippen molar-refractivity contribution in [2.75, 3.05) is 14.2 Å². The van der Waals surface area contributed by atoms with Crippen LogP contribution in [0.1, 0.15) is 5.56 Å². The number of methoxy groups -OCH3 is 1. The molecule has 7 nitrogen and oxygen atoms in total. The maximum atomic E-state index is 12.1. The zero-order valence-electron chi connectivity index (χ0n) is 11.7. The third-order valence-corrected chi connectivity index (χ3v) is 2.74. The predicted octanol–water partition coefficient (Wildman–Crippen LogP) is -0.174. The van der Waals surface area contributed by atoms with Gasteiger partial charge < -0.3 is 10.1 Å². The maximum absolute atomic E-state index is 12.1. The van der Waals surface area contributed by atoms with Crippen molar-refractivity contribution in [1.82, 2.24) is 10.2 Å². The van der Waals surface area contributed by atoms with Crippen LogP contribution in [-0.4, -0.2) is 42.9 Å². The van der Waals surface area contributed by atoms with Gasteiger partial charge in [0.05, 0.1) is 7.11 Å². The molecule has 0 radical (unpaired) electrons. The number of nitrogens with one attached hydrogen (secondary N) is 1. The summed E-state index contributed by atoms with van der Waals surface area (Å²) >= 11 is 0. The number of hydrogen-bond donors (Lipinski definition) is 1. The Labute approximate surface area is 122 Å². The van der Waals surface area contributed by atoms with E-state index in [-0.39, 0.29) is 6.42 Å². The highest BCUT2D eigenvalue weighted by Crippen LogP contribution is 2.05. The van der Waals surface area contributed by atoms with Gasteiger partial charge in [0, 0.05) is 13.5 Å². The summed E-state index contributed by atoms with van der Waals surface area (Å²) < 4.78 is 4.29. The molecule has 0 aliphatic rings. The Bertz CT molecular complexity index is 565. The lowest BCUT2D eigenvalue weighted by Gasteiger charge is -2.19. The summed E-state index contributed by atoms with van der Waals surface area (Å²) in [7, 11) is 2.35. The monoisotopic (exact) mass is 289 g/mol. The van der Waals surface area contributed by atoms with Gasteiger partial charge in [0.25, 0.3) is 5.91 Å². The minimum atomic E-state index is -1.10. The normalized spacial score (nSPS) is 10.9. The molecule has 1 N–H and O–H groups in total. The number of hydrogen-bond acceptors (Lipinski definition) is 5. The van der Waals surface area contributed by atoms with Crippen LogP contribution in [0, 0.1) is 11.5 Å². The number of amides is 2. The standard InChI is InChI=1S/C14H15N3O4/c1-17(9-15)13(19)11(16-12(18)14(20)21-2)8-10-6-4-3-5-7-10/h3-7,11H,8H2,1-2H3,(H,16,18). The molecule has 1 atom stereocenters. The quantitative estimate of drug-likeness (QED) is 0.359. The van der Waals surface area contributed by atoms with E-state index in [0.29, 0.717) is 0 Å². The van der Waals surface area contributed by atoms with Crippen LogP contribution in [-0.2, 0) is 25.5 Å². The summed E-state index contributed by atoms with van der Waals surface area (Å²) in [5.74, 6) is -2.74. The summed E-state index contributed by atoms with van der Waals surface area (Å²) in [6.45, 7) is 0. The molecule has 0 bridgehead atoms. The van der Waals surface area contributed by atoms with Crippen molar-refractivity contribution in [1.29, 1.82) is 5.26 Å². The van der Waals surface area contributed by atoms with Crippen LogP contribution < -0.4 is 5.32 Å². The fourth-order valence-corrected chi connectivity index (χ4v) is 1.64. The van der Waals surface area contributed by atoms with E-state index < -0.39 is 23.8 Å². The smallest absolute Gasteiger partial charge is 0.396 e. The molecule has 1 aromatic rings. The van der Waals surface area contributed by atoms with E-state index >= 15 is 0 Å². The van der Waals surface area contributed by atoms with Crippen molar-refractivity contribution in [3.63, 3.8) is 0 Å². The van der Waals surface area contributed by atoms with Gasteiger partial charge in [-0.1, -0.05) is 30.3 Å². The fourth-order valence-electron chi connectivity index (χ4n) is 1.64. The number of ether oxygens (including phenoxy) is 1. The Morgan fingerprint density at radius 3 is 2.48 bits per heavy atom. The molecular weight excluding hydrogens is 274 g/mol. The molecule has 0 aliphatic carbocycles. The SMILES string of the molecule is COC(=O)C(=O)NC(Cc1ccccc1)C(=O)N(C)C#N. The summed E-state index contributed by atoms with van der Waals surface area (Å²) in [5, 5.41) is 11.0. The van der Waals surface area contributed by atoms with Crippen molar-refractivity contribution in [2.45, 2.75) is 12.5 Å². The molecule has 0 saturated heterocycles. The van der Waals surface area contributed by atoms with E-state index in [1.165, 1.54) is 7.05 Å². The Balaban J connectivity index is 2.90. The van der Waals surface area contributed by atoms with Crippen molar-refractivity contribution in [2.24, 2.45) is 0 Å². The van der Waals surface area contributed by atoms with E-state index in [4.69, 9.17) is 5.26 Å². The van der Waals surface area contributed by atoms with Gasteiger partial charge >= 0.3 is 11.9 Å². The van der Waals surface area contributed by atoms with Gasteiger partial charge in [-0.05, 0) is 5.56 Å². The summed E-state index contributed by atoms with van der Waals surface area (Å²) in [6, 6.07) is 7.91. The lowest BCUT2D eigenvalue weighted by molar-refractivity contribution is -0.153. The molecule has 0 aliphatic heterocycles. The Morgan fingerprint density at radius 1 is 1.33 bits per heavy atom. The van der Waals surface area contributed by atoms with Crippen molar-refractivity contribution in [3.05, 3.63) is 35.9 Å². The second-order valence-corrected chi connectivity index (χ2v) is 4.20. The number of likely N-dealkylation sites (N-methyl/N-ethyl adjacent to an activating group) is 1. The minimum Gasteiger partial charge on any atom is -0.462 e. The second-order valence-electron chi connectivity index (χ2n) is 4.20. The lowest BCUT2D eigenvalue weighted by atomic mass is 10.0. The van der Waals surface area contributed by atoms with Crippen LogP contribution in [0.3, 0.4) is 0 Å². The molecule has 0 spiro atoms. The largest absolute Gasteiger partial charge is 0.462 e. The van der Waals surface area contributed by atoms with E-state index in [2.05, 4.69) is 10.1 Å². The minimum absolute atomic E-state index is 0.161. The van der Waals surface area contributed by atoms with E-state index in [1.54, 1.807) is 30.5 Å². The number of carbonyl (C=O) groups is 3. The molecule has 110 valence electrons. The molecule has 0 aromatic heterocycles. The average Bonchev–Trinajstić information content (AvgIpc) is 2.52. The number of rotatable bonds is 4. The first kappa shape index (κ1) is 16.2. The number of carbonyl (C=O) groups excluding carboxylic acids is 3. The highest BCUT2D eigenvalue weighted by atomic mass is 16.5. The van der Waals surface area contributed by atoms with Gasteiger partial charge in [-0.25, -0.2) is 4.79 Å². The van der Waals surface area contributed by atoms with Gasteiger partial charge in [0.15, 0.2) is 6.19 Å². The fraction of sp³-hybridized carbons (Fsp3) is 0.286. The van der Waals surface area contributed by atoms with Crippen LogP contribution in [0.25, 0.3) is 0 Å². The third-order valence-electron chi connectivity index (χ3n) is 2.74. The number of nitriles is 1. The first-order valence-electron chi connectivity index (χ1n) is 6.09. The molecule has 0 saturated carbocycles. The molecule has 1 rings (SSSR count). The van der Waals surface area contributed by atoms with Gasteiger partial charge in [0.1, 0.15) is 6.04 Å². The molecular formula is C14H15N3O4. The number of benzene rings is 1. The number of esters is 1. The molecule has 1 aromatic carbocycles. The Kier molecular flexibility index (Phi) is 5.89. The third kappa shape index (κ3) is 4.62. The van der Waals surface area contributed by atoms with E-state index in [9.17, 15) is 14.4 Å². The van der Waals surface area contributed by atoms with Gasteiger partial charge in [-0.2, -0.15) is 5.26 Å².